The predicted molar refractivity (Wildman–Crippen MR) is 121 cm³/mol. The summed E-state index contributed by atoms with van der Waals surface area (Å²) in [6, 6.07) is 0. The van der Waals surface area contributed by atoms with E-state index in [1.807, 2.05) is 13.8 Å². The van der Waals surface area contributed by atoms with Crippen molar-refractivity contribution >= 4 is 11.8 Å². The lowest BCUT2D eigenvalue weighted by Crippen LogP contribution is -2.44. The molecule has 0 aliphatic carbocycles. The molecule has 0 aromatic heterocycles. The van der Waals surface area contributed by atoms with Gasteiger partial charge in [-0.05, 0) is 46.5 Å². The Hall–Kier alpha value is -1.64. The fourth-order valence-corrected chi connectivity index (χ4v) is 4.66. The molecular weight excluding hydrogens is 410 g/mol. The second kappa shape index (κ2) is 11.0. The average molecular weight is 452 g/mol. The van der Waals surface area contributed by atoms with Gasteiger partial charge in [-0.25, -0.2) is 0 Å². The molecule has 0 bridgehead atoms. The van der Waals surface area contributed by atoms with Gasteiger partial charge in [-0.2, -0.15) is 0 Å². The summed E-state index contributed by atoms with van der Waals surface area (Å²) in [5, 5.41) is 0. The van der Waals surface area contributed by atoms with Crippen LogP contribution in [0.3, 0.4) is 0 Å². The monoisotopic (exact) mass is 451 g/mol. The van der Waals surface area contributed by atoms with Crippen LogP contribution in [0.1, 0.15) is 66.2 Å². The Kier molecular flexibility index (Phi) is 8.58. The van der Waals surface area contributed by atoms with Crippen LogP contribution in [0.5, 0.6) is 0 Å². The minimum atomic E-state index is -0.427. The van der Waals surface area contributed by atoms with Gasteiger partial charge in [0.15, 0.2) is 0 Å². The van der Waals surface area contributed by atoms with Gasteiger partial charge in [0, 0.05) is 43.6 Å². The van der Waals surface area contributed by atoms with Crippen LogP contribution < -0.4 is 0 Å². The van der Waals surface area contributed by atoms with E-state index in [-0.39, 0.29) is 30.5 Å². The van der Waals surface area contributed by atoms with Gasteiger partial charge in [0.1, 0.15) is 18.7 Å². The maximum absolute atomic E-state index is 12.1. The summed E-state index contributed by atoms with van der Waals surface area (Å²) in [4.78, 5) is 29.9. The highest BCUT2D eigenvalue weighted by Crippen LogP contribution is 2.27. The molecule has 3 aliphatic rings. The summed E-state index contributed by atoms with van der Waals surface area (Å²) in [5.41, 5.74) is 0.692. The van der Waals surface area contributed by atoms with Crippen molar-refractivity contribution in [2.24, 2.45) is 5.41 Å². The van der Waals surface area contributed by atoms with Crippen LogP contribution >= 0.6 is 0 Å². The van der Waals surface area contributed by atoms with Crippen LogP contribution in [-0.4, -0.2) is 84.7 Å². The minimum absolute atomic E-state index is 0.0699. The summed E-state index contributed by atoms with van der Waals surface area (Å²) < 4.78 is 18.6. The zero-order valence-corrected chi connectivity index (χ0v) is 20.3. The van der Waals surface area contributed by atoms with E-state index in [9.17, 15) is 9.59 Å². The van der Waals surface area contributed by atoms with Gasteiger partial charge in [-0.15, -0.1) is 0 Å². The largest absolute Gasteiger partial charge is 0.358 e. The van der Waals surface area contributed by atoms with Crippen molar-refractivity contribution in [2.75, 3.05) is 39.5 Å². The number of nitrogens with zero attached hydrogens (tertiary/aromatic N) is 3. The molecule has 3 aliphatic heterocycles. The highest BCUT2D eigenvalue weighted by Gasteiger charge is 2.34. The summed E-state index contributed by atoms with van der Waals surface area (Å²) in [6.07, 6.45) is 4.45. The van der Waals surface area contributed by atoms with Crippen molar-refractivity contribution in [3.05, 3.63) is 12.3 Å². The lowest BCUT2D eigenvalue weighted by atomic mass is 9.94. The predicted octanol–water partition coefficient (Wildman–Crippen LogP) is 2.93. The third-order valence-electron chi connectivity index (χ3n) is 6.83. The summed E-state index contributed by atoms with van der Waals surface area (Å²) >= 11 is 0. The van der Waals surface area contributed by atoms with Crippen molar-refractivity contribution < 1.29 is 23.8 Å². The lowest BCUT2D eigenvalue weighted by molar-refractivity contribution is -0.162. The smallest absolute Gasteiger partial charge is 0.224 e. The van der Waals surface area contributed by atoms with E-state index in [0.717, 1.165) is 51.0 Å². The molecule has 3 atom stereocenters. The molecule has 3 fully saturated rings. The van der Waals surface area contributed by atoms with E-state index in [0.29, 0.717) is 32.7 Å². The molecule has 182 valence electrons. The van der Waals surface area contributed by atoms with Gasteiger partial charge < -0.3 is 28.9 Å². The van der Waals surface area contributed by atoms with Crippen LogP contribution in [-0.2, 0) is 23.8 Å². The van der Waals surface area contributed by atoms with E-state index in [1.54, 1.807) is 9.80 Å². The lowest BCUT2D eigenvalue weighted by Gasteiger charge is -2.36. The number of carbonyl (C=O) groups excluding carboxylic acids is 2. The van der Waals surface area contributed by atoms with E-state index < -0.39 is 5.41 Å². The van der Waals surface area contributed by atoms with Crippen LogP contribution in [0.15, 0.2) is 12.3 Å². The van der Waals surface area contributed by atoms with Gasteiger partial charge in [-0.1, -0.05) is 13.5 Å². The quantitative estimate of drug-likeness (QED) is 0.454. The molecule has 3 unspecified atom stereocenters. The molecule has 8 nitrogen and oxygen atoms in total. The minimum Gasteiger partial charge on any atom is -0.358 e. The molecule has 3 saturated heterocycles. The normalized spacial score (nSPS) is 24.4. The summed E-state index contributed by atoms with van der Waals surface area (Å²) in [7, 11) is 0. The highest BCUT2D eigenvalue weighted by molar-refractivity contribution is 5.78. The Labute approximate surface area is 192 Å². The molecule has 8 heteroatoms. The number of hydrogen-bond donors (Lipinski definition) is 0. The molecule has 0 aromatic rings. The number of hydrogen-bond acceptors (Lipinski definition) is 6. The molecule has 0 aromatic carbocycles. The van der Waals surface area contributed by atoms with Crippen LogP contribution in [0.4, 0.5) is 0 Å². The number of ether oxygens (including phenoxy) is 3. The molecule has 0 spiro atoms. The van der Waals surface area contributed by atoms with Crippen LogP contribution in [0.2, 0.25) is 0 Å². The van der Waals surface area contributed by atoms with E-state index in [4.69, 9.17) is 14.2 Å². The molecule has 0 saturated carbocycles. The Morgan fingerprint density at radius 3 is 1.47 bits per heavy atom. The fraction of sp³-hybridized carbons (Fsp3) is 0.833. The third-order valence-corrected chi connectivity index (χ3v) is 6.83. The maximum Gasteiger partial charge on any atom is 0.224 e. The standard InChI is InChI=1S/C24H41N3O5/c1-18-9-6-12-25(18)19(2)30-15-24(5,16-31-20(3)26-13-7-10-22(26)28)17-32-21(4)27-14-8-11-23(27)29/h19-21H,1,6-17H2,2-5H3. The van der Waals surface area contributed by atoms with Gasteiger partial charge >= 0.3 is 0 Å². The van der Waals surface area contributed by atoms with Crippen LogP contribution in [0, 0.1) is 5.41 Å². The molecule has 32 heavy (non-hydrogen) atoms. The second-order valence-corrected chi connectivity index (χ2v) is 9.79. The Morgan fingerprint density at radius 1 is 0.750 bits per heavy atom. The molecule has 0 N–H and O–H groups in total. The van der Waals surface area contributed by atoms with Gasteiger partial charge in [0.2, 0.25) is 11.8 Å². The summed E-state index contributed by atoms with van der Waals surface area (Å²) in [6.45, 7) is 15.8. The number of rotatable bonds is 12. The van der Waals surface area contributed by atoms with Gasteiger partial charge in [-0.3, -0.25) is 9.59 Å². The van der Waals surface area contributed by atoms with Crippen molar-refractivity contribution in [2.45, 2.75) is 84.9 Å². The van der Waals surface area contributed by atoms with Crippen molar-refractivity contribution in [1.29, 1.82) is 0 Å². The first-order chi connectivity index (χ1) is 15.2. The zero-order chi connectivity index (χ0) is 23.3. The second-order valence-electron chi connectivity index (χ2n) is 9.79. The number of likely N-dealkylation sites (tertiary alicyclic amines) is 3. The molecule has 3 heterocycles. The zero-order valence-electron chi connectivity index (χ0n) is 20.3. The van der Waals surface area contributed by atoms with Crippen molar-refractivity contribution in [3.8, 4) is 0 Å². The van der Waals surface area contributed by atoms with Crippen molar-refractivity contribution in [1.82, 2.24) is 14.7 Å². The van der Waals surface area contributed by atoms with Gasteiger partial charge in [0.25, 0.3) is 0 Å². The van der Waals surface area contributed by atoms with Gasteiger partial charge in [0.05, 0.1) is 19.8 Å². The average Bonchev–Trinajstić information content (AvgIpc) is 3.50. The number of amides is 2. The first kappa shape index (κ1) is 25.0. The third kappa shape index (κ3) is 6.23. The van der Waals surface area contributed by atoms with E-state index in [2.05, 4.69) is 25.3 Å². The Bertz CT molecular complexity index is 596. The summed E-state index contributed by atoms with van der Waals surface area (Å²) in [5.74, 6) is 0.295. The highest BCUT2D eigenvalue weighted by atomic mass is 16.5. The first-order valence-corrected chi connectivity index (χ1v) is 12.1. The first-order valence-electron chi connectivity index (χ1n) is 12.1. The molecule has 3 rings (SSSR count). The van der Waals surface area contributed by atoms with Crippen LogP contribution in [0.25, 0.3) is 0 Å². The van der Waals surface area contributed by atoms with E-state index >= 15 is 0 Å². The molecular formula is C24H41N3O5. The molecule has 0 radical (unpaired) electrons. The molecule has 2 amide bonds. The maximum atomic E-state index is 12.1. The Morgan fingerprint density at radius 2 is 1.12 bits per heavy atom. The number of carbonyl (C=O) groups is 2. The fourth-order valence-electron chi connectivity index (χ4n) is 4.66. The SMILES string of the molecule is C=C1CCCN1C(C)OCC(C)(COC(C)N1CCCC1=O)COC(C)N1CCCC1=O. The van der Waals surface area contributed by atoms with Crippen molar-refractivity contribution in [3.63, 3.8) is 0 Å². The Balaban J connectivity index is 1.58. The number of allylic oxidation sites excluding steroid dienone is 1. The van der Waals surface area contributed by atoms with E-state index in [1.165, 1.54) is 0 Å². The topological polar surface area (TPSA) is 71.6 Å².